The lowest BCUT2D eigenvalue weighted by atomic mass is 9.80. The second kappa shape index (κ2) is 8.54. The van der Waals surface area contributed by atoms with Gasteiger partial charge in [-0.2, -0.15) is 0 Å². The highest BCUT2D eigenvalue weighted by Gasteiger charge is 2.43. The zero-order chi connectivity index (χ0) is 20.3. The van der Waals surface area contributed by atoms with E-state index in [0.29, 0.717) is 13.1 Å². The van der Waals surface area contributed by atoms with E-state index in [4.69, 9.17) is 4.74 Å². The van der Waals surface area contributed by atoms with Crippen LogP contribution in [0.5, 0.6) is 5.75 Å². The molecule has 28 heavy (non-hydrogen) atoms. The Labute approximate surface area is 169 Å². The van der Waals surface area contributed by atoms with E-state index < -0.39 is 0 Å². The Balaban J connectivity index is 1.72. The van der Waals surface area contributed by atoms with Gasteiger partial charge in [0, 0.05) is 38.0 Å². The van der Waals surface area contributed by atoms with E-state index in [1.165, 1.54) is 0 Å². The number of amides is 2. The van der Waals surface area contributed by atoms with Gasteiger partial charge in [-0.1, -0.05) is 38.5 Å². The van der Waals surface area contributed by atoms with E-state index in [-0.39, 0.29) is 29.4 Å². The topological polar surface area (TPSA) is 49.9 Å². The van der Waals surface area contributed by atoms with Crippen LogP contribution >= 0.6 is 0 Å². The van der Waals surface area contributed by atoms with Crippen molar-refractivity contribution in [2.45, 2.75) is 77.5 Å². The number of nitrogens with zero attached hydrogens (tertiary/aromatic N) is 2. The predicted octanol–water partition coefficient (Wildman–Crippen LogP) is 4.00. The first-order valence-electron chi connectivity index (χ1n) is 10.6. The molecule has 1 aliphatic heterocycles. The quantitative estimate of drug-likeness (QED) is 0.786. The number of hydrogen-bond donors (Lipinski definition) is 0. The van der Waals surface area contributed by atoms with Crippen LogP contribution in [0.1, 0.15) is 64.9 Å². The molecule has 1 aromatic carbocycles. The van der Waals surface area contributed by atoms with Gasteiger partial charge in [0.2, 0.25) is 11.8 Å². The highest BCUT2D eigenvalue weighted by atomic mass is 16.5. The van der Waals surface area contributed by atoms with Gasteiger partial charge in [0.25, 0.3) is 0 Å². The molecule has 1 spiro atoms. The zero-order valence-electron chi connectivity index (χ0n) is 17.7. The molecule has 0 aromatic heterocycles. The van der Waals surface area contributed by atoms with Crippen LogP contribution in [0, 0.1) is 5.92 Å². The van der Waals surface area contributed by atoms with Gasteiger partial charge in [0.15, 0.2) is 0 Å². The Bertz CT molecular complexity index is 710. The number of hydrogen-bond acceptors (Lipinski definition) is 3. The fourth-order valence-corrected chi connectivity index (χ4v) is 4.69. The molecule has 5 nitrogen and oxygen atoms in total. The number of rotatable bonds is 4. The molecule has 1 heterocycles. The van der Waals surface area contributed by atoms with Crippen molar-refractivity contribution in [2.24, 2.45) is 5.92 Å². The number of carbonyl (C=O) groups is 2. The highest BCUT2D eigenvalue weighted by molar-refractivity contribution is 5.78. The summed E-state index contributed by atoms with van der Waals surface area (Å²) in [7, 11) is 1.95. The lowest BCUT2D eigenvalue weighted by Crippen LogP contribution is -2.52. The normalized spacial score (nSPS) is 25.4. The van der Waals surface area contributed by atoms with Gasteiger partial charge in [-0.15, -0.1) is 0 Å². The van der Waals surface area contributed by atoms with Crippen LogP contribution in [-0.4, -0.2) is 46.8 Å². The first-order chi connectivity index (χ1) is 13.3. The standard InChI is InChI=1S/C23H34N2O3/c1-5-8-17(2)22(27)24(4)20-11-13-23(14-12-20)16-25(18(3)26)15-19-9-6-7-10-21(19)28-23/h6-7,9-10,17,20H,5,8,11-16H2,1-4H3/t17-,20?,23?/m0/s1. The second-order valence-electron chi connectivity index (χ2n) is 8.64. The molecule has 2 amide bonds. The molecule has 1 aromatic rings. The maximum absolute atomic E-state index is 12.7. The summed E-state index contributed by atoms with van der Waals surface area (Å²) in [5.41, 5.74) is 0.714. The van der Waals surface area contributed by atoms with E-state index in [1.807, 2.05) is 48.0 Å². The SMILES string of the molecule is CCC[C@H](C)C(=O)N(C)C1CCC2(CC1)CN(C(C)=O)Cc1ccccc1O2. The Morgan fingerprint density at radius 3 is 2.61 bits per heavy atom. The predicted molar refractivity (Wildman–Crippen MR) is 110 cm³/mol. The fraction of sp³-hybridized carbons (Fsp3) is 0.652. The molecule has 0 radical (unpaired) electrons. The van der Waals surface area contributed by atoms with Gasteiger partial charge >= 0.3 is 0 Å². The zero-order valence-corrected chi connectivity index (χ0v) is 17.7. The first-order valence-corrected chi connectivity index (χ1v) is 10.6. The minimum atomic E-state index is -0.353. The molecule has 1 saturated carbocycles. The molecular weight excluding hydrogens is 352 g/mol. The lowest BCUT2D eigenvalue weighted by Gasteiger charge is -2.43. The fourth-order valence-electron chi connectivity index (χ4n) is 4.69. The van der Waals surface area contributed by atoms with Crippen LogP contribution in [0.25, 0.3) is 0 Å². The van der Waals surface area contributed by atoms with E-state index in [0.717, 1.165) is 49.8 Å². The van der Waals surface area contributed by atoms with Crippen molar-refractivity contribution in [3.63, 3.8) is 0 Å². The second-order valence-corrected chi connectivity index (χ2v) is 8.64. The van der Waals surface area contributed by atoms with Gasteiger partial charge in [-0.25, -0.2) is 0 Å². The number of para-hydroxylation sites is 1. The minimum Gasteiger partial charge on any atom is -0.485 e. The van der Waals surface area contributed by atoms with Crippen molar-refractivity contribution < 1.29 is 14.3 Å². The van der Waals surface area contributed by atoms with E-state index in [1.54, 1.807) is 6.92 Å². The van der Waals surface area contributed by atoms with Crippen LogP contribution in [-0.2, 0) is 16.1 Å². The molecule has 1 aliphatic carbocycles. The third kappa shape index (κ3) is 4.34. The molecular formula is C23H34N2O3. The molecule has 0 unspecified atom stereocenters. The average molecular weight is 387 g/mol. The molecule has 154 valence electrons. The Morgan fingerprint density at radius 1 is 1.29 bits per heavy atom. The summed E-state index contributed by atoms with van der Waals surface area (Å²) in [5.74, 6) is 1.31. The monoisotopic (exact) mass is 386 g/mol. The summed E-state index contributed by atoms with van der Waals surface area (Å²) < 4.78 is 6.54. The number of benzene rings is 1. The first kappa shape index (κ1) is 20.7. The molecule has 0 N–H and O–H groups in total. The van der Waals surface area contributed by atoms with Crippen LogP contribution in [0.2, 0.25) is 0 Å². The summed E-state index contributed by atoms with van der Waals surface area (Å²) in [4.78, 5) is 28.8. The highest BCUT2D eigenvalue weighted by Crippen LogP contribution is 2.39. The van der Waals surface area contributed by atoms with E-state index in [2.05, 4.69) is 6.92 Å². The van der Waals surface area contributed by atoms with Crippen molar-refractivity contribution >= 4 is 11.8 Å². The number of carbonyl (C=O) groups excluding carboxylic acids is 2. The van der Waals surface area contributed by atoms with Crippen molar-refractivity contribution in [3.05, 3.63) is 29.8 Å². The van der Waals surface area contributed by atoms with Crippen molar-refractivity contribution in [1.29, 1.82) is 0 Å². The third-order valence-electron chi connectivity index (χ3n) is 6.49. The van der Waals surface area contributed by atoms with Gasteiger partial charge in [-0.3, -0.25) is 9.59 Å². The molecule has 1 fully saturated rings. The van der Waals surface area contributed by atoms with Gasteiger partial charge < -0.3 is 14.5 Å². The molecule has 5 heteroatoms. The Morgan fingerprint density at radius 2 is 1.96 bits per heavy atom. The third-order valence-corrected chi connectivity index (χ3v) is 6.49. The Hall–Kier alpha value is -2.04. The molecule has 0 bridgehead atoms. The van der Waals surface area contributed by atoms with E-state index in [9.17, 15) is 9.59 Å². The van der Waals surface area contributed by atoms with Gasteiger partial charge in [0.1, 0.15) is 11.4 Å². The minimum absolute atomic E-state index is 0.0834. The maximum Gasteiger partial charge on any atom is 0.225 e. The summed E-state index contributed by atoms with van der Waals surface area (Å²) in [6, 6.07) is 8.29. The molecule has 3 rings (SSSR count). The summed E-state index contributed by atoms with van der Waals surface area (Å²) in [6.45, 7) is 7.00. The van der Waals surface area contributed by atoms with Crippen LogP contribution in [0.3, 0.4) is 0 Å². The maximum atomic E-state index is 12.7. The van der Waals surface area contributed by atoms with Crippen molar-refractivity contribution in [3.8, 4) is 5.75 Å². The molecule has 2 aliphatic rings. The van der Waals surface area contributed by atoms with Gasteiger partial charge in [0.05, 0.1) is 6.54 Å². The largest absolute Gasteiger partial charge is 0.485 e. The van der Waals surface area contributed by atoms with E-state index >= 15 is 0 Å². The summed E-state index contributed by atoms with van der Waals surface area (Å²) >= 11 is 0. The summed E-state index contributed by atoms with van der Waals surface area (Å²) in [6.07, 6.45) is 5.51. The number of fused-ring (bicyclic) bond motifs is 1. The lowest BCUT2D eigenvalue weighted by molar-refractivity contribution is -0.138. The average Bonchev–Trinajstić information content (AvgIpc) is 2.84. The smallest absolute Gasteiger partial charge is 0.225 e. The molecule has 1 atom stereocenters. The van der Waals surface area contributed by atoms with Crippen molar-refractivity contribution in [2.75, 3.05) is 13.6 Å². The van der Waals surface area contributed by atoms with Crippen LogP contribution in [0.4, 0.5) is 0 Å². The van der Waals surface area contributed by atoms with Crippen LogP contribution < -0.4 is 4.74 Å². The van der Waals surface area contributed by atoms with Crippen LogP contribution in [0.15, 0.2) is 24.3 Å². The van der Waals surface area contributed by atoms with Gasteiger partial charge in [-0.05, 0) is 38.2 Å². The number of ether oxygens (including phenoxy) is 1. The molecule has 0 saturated heterocycles. The van der Waals surface area contributed by atoms with Crippen molar-refractivity contribution in [1.82, 2.24) is 9.80 Å². The Kier molecular flexibility index (Phi) is 6.31. The summed E-state index contributed by atoms with van der Waals surface area (Å²) in [5, 5.41) is 0.